The number of pyridine rings is 1. The van der Waals surface area contributed by atoms with Gasteiger partial charge in [-0.15, -0.1) is 0 Å². The van der Waals surface area contributed by atoms with E-state index in [0.29, 0.717) is 4.60 Å². The zero-order valence-corrected chi connectivity index (χ0v) is 8.45. The van der Waals surface area contributed by atoms with E-state index in [0.717, 1.165) is 0 Å². The van der Waals surface area contributed by atoms with Crippen LogP contribution in [0.4, 0.5) is 0 Å². The predicted molar refractivity (Wildman–Crippen MR) is 51.8 cm³/mol. The van der Waals surface area contributed by atoms with Gasteiger partial charge in [-0.1, -0.05) is 0 Å². The van der Waals surface area contributed by atoms with Crippen molar-refractivity contribution < 1.29 is 14.8 Å². The summed E-state index contributed by atoms with van der Waals surface area (Å²) in [4.78, 5) is 14.8. The molecule has 1 rings (SSSR count). The van der Waals surface area contributed by atoms with Crippen LogP contribution in [0.5, 0.6) is 0 Å². The first-order valence-electron chi connectivity index (χ1n) is 3.55. The highest BCUT2D eigenvalue weighted by Crippen LogP contribution is 2.05. The summed E-state index contributed by atoms with van der Waals surface area (Å²) in [5, 5.41) is 17.7. The molecule has 6 heteroatoms. The molecule has 1 aromatic rings. The number of hydrogen-bond donors (Lipinski definition) is 2. The van der Waals surface area contributed by atoms with Crippen molar-refractivity contribution in [2.24, 2.45) is 0 Å². The minimum absolute atomic E-state index is 0.206. The smallest absolute Gasteiger partial charge is 0.423 e. The molecule has 0 saturated heterocycles. The van der Waals surface area contributed by atoms with E-state index in [2.05, 4.69) is 20.9 Å². The molecule has 0 aromatic carbocycles. The first-order chi connectivity index (χ1) is 6.00. The van der Waals surface area contributed by atoms with Crippen LogP contribution in [-0.2, 0) is 0 Å². The van der Waals surface area contributed by atoms with Crippen LogP contribution in [0.25, 0.3) is 0 Å². The third kappa shape index (κ3) is 2.62. The van der Waals surface area contributed by atoms with Gasteiger partial charge in [0, 0.05) is 6.92 Å². The van der Waals surface area contributed by atoms with E-state index in [-0.39, 0.29) is 16.9 Å². The SMILES string of the molecule is CC(=O)c1cc(B(O)O)cc(Br)n1. The lowest BCUT2D eigenvalue weighted by Gasteiger charge is -2.02. The largest absolute Gasteiger partial charge is 0.488 e. The zero-order chi connectivity index (χ0) is 10.0. The summed E-state index contributed by atoms with van der Waals surface area (Å²) in [6.07, 6.45) is 0. The van der Waals surface area contributed by atoms with E-state index in [4.69, 9.17) is 10.0 Å². The summed E-state index contributed by atoms with van der Waals surface area (Å²) in [5.74, 6) is -0.219. The molecule has 0 aliphatic carbocycles. The van der Waals surface area contributed by atoms with Gasteiger partial charge in [0.2, 0.25) is 0 Å². The van der Waals surface area contributed by atoms with Crippen LogP contribution in [0.2, 0.25) is 0 Å². The number of hydrogen-bond acceptors (Lipinski definition) is 4. The van der Waals surface area contributed by atoms with E-state index >= 15 is 0 Å². The van der Waals surface area contributed by atoms with Crippen LogP contribution in [-0.4, -0.2) is 27.9 Å². The molecule has 0 saturated carbocycles. The highest BCUT2D eigenvalue weighted by Gasteiger charge is 2.14. The van der Waals surface area contributed by atoms with Crippen molar-refractivity contribution in [3.8, 4) is 0 Å². The third-order valence-corrected chi connectivity index (χ3v) is 1.88. The minimum Gasteiger partial charge on any atom is -0.423 e. The second-order valence-electron chi connectivity index (χ2n) is 2.54. The lowest BCUT2D eigenvalue weighted by atomic mass is 9.80. The Labute approximate surface area is 83.9 Å². The molecule has 0 fully saturated rings. The van der Waals surface area contributed by atoms with Gasteiger partial charge < -0.3 is 10.0 Å². The van der Waals surface area contributed by atoms with Gasteiger partial charge in [0.05, 0.1) is 0 Å². The van der Waals surface area contributed by atoms with Crippen molar-refractivity contribution in [2.45, 2.75) is 6.92 Å². The lowest BCUT2D eigenvalue weighted by molar-refractivity contribution is 0.101. The summed E-state index contributed by atoms with van der Waals surface area (Å²) in [6.45, 7) is 1.36. The normalized spacial score (nSPS) is 9.85. The van der Waals surface area contributed by atoms with Crippen LogP contribution in [0.1, 0.15) is 17.4 Å². The summed E-state index contributed by atoms with van der Waals surface area (Å²) >= 11 is 3.06. The maximum Gasteiger partial charge on any atom is 0.488 e. The van der Waals surface area contributed by atoms with Crippen molar-refractivity contribution in [1.29, 1.82) is 0 Å². The molecular weight excluding hydrogens is 237 g/mol. The number of ketones is 1. The lowest BCUT2D eigenvalue weighted by Crippen LogP contribution is -2.30. The van der Waals surface area contributed by atoms with E-state index in [9.17, 15) is 4.79 Å². The predicted octanol–water partition coefficient (Wildman–Crippen LogP) is -0.274. The van der Waals surface area contributed by atoms with Gasteiger partial charge >= 0.3 is 7.12 Å². The fourth-order valence-electron chi connectivity index (χ4n) is 0.846. The molecular formula is C7H7BBrNO3. The molecule has 0 unspecified atom stereocenters. The van der Waals surface area contributed by atoms with Crippen LogP contribution in [0.15, 0.2) is 16.7 Å². The van der Waals surface area contributed by atoms with Crippen molar-refractivity contribution >= 4 is 34.3 Å². The number of carbonyl (C=O) groups excluding carboxylic acids is 1. The number of aromatic nitrogens is 1. The van der Waals surface area contributed by atoms with Crippen molar-refractivity contribution in [3.05, 3.63) is 22.4 Å². The molecule has 0 atom stereocenters. The number of rotatable bonds is 2. The molecule has 0 bridgehead atoms. The fourth-order valence-corrected chi connectivity index (χ4v) is 1.30. The molecule has 0 amide bonds. The van der Waals surface area contributed by atoms with E-state index in [1.807, 2.05) is 0 Å². The van der Waals surface area contributed by atoms with Gasteiger partial charge in [-0.3, -0.25) is 4.79 Å². The Morgan fingerprint density at radius 3 is 2.62 bits per heavy atom. The van der Waals surface area contributed by atoms with E-state index in [1.165, 1.54) is 19.1 Å². The van der Waals surface area contributed by atoms with Gasteiger partial charge in [0.15, 0.2) is 5.78 Å². The molecule has 2 N–H and O–H groups in total. The first-order valence-corrected chi connectivity index (χ1v) is 4.34. The quantitative estimate of drug-likeness (QED) is 0.426. The Balaban J connectivity index is 3.19. The molecule has 1 aromatic heterocycles. The average Bonchev–Trinajstić information content (AvgIpc) is 2.03. The topological polar surface area (TPSA) is 70.4 Å². The van der Waals surface area contributed by atoms with E-state index in [1.54, 1.807) is 0 Å². The highest BCUT2D eigenvalue weighted by atomic mass is 79.9. The number of carbonyl (C=O) groups is 1. The van der Waals surface area contributed by atoms with Crippen molar-refractivity contribution in [2.75, 3.05) is 0 Å². The standard InChI is InChI=1S/C7H7BBrNO3/c1-4(11)6-2-5(8(12)13)3-7(9)10-6/h2-3,12-13H,1H3. The monoisotopic (exact) mass is 243 g/mol. The first kappa shape index (κ1) is 10.4. The van der Waals surface area contributed by atoms with E-state index < -0.39 is 7.12 Å². The van der Waals surface area contributed by atoms with Gasteiger partial charge in [-0.2, -0.15) is 0 Å². The van der Waals surface area contributed by atoms with Crippen molar-refractivity contribution in [1.82, 2.24) is 4.98 Å². The van der Waals surface area contributed by atoms with Gasteiger partial charge in [-0.05, 0) is 33.5 Å². The fraction of sp³-hybridized carbons (Fsp3) is 0.143. The Bertz CT molecular complexity index is 343. The van der Waals surface area contributed by atoms with Crippen LogP contribution in [0, 0.1) is 0 Å². The van der Waals surface area contributed by atoms with Crippen LogP contribution >= 0.6 is 15.9 Å². The Morgan fingerprint density at radius 2 is 2.15 bits per heavy atom. The molecule has 13 heavy (non-hydrogen) atoms. The van der Waals surface area contributed by atoms with Gasteiger partial charge in [-0.25, -0.2) is 4.98 Å². The summed E-state index contributed by atoms with van der Waals surface area (Å²) < 4.78 is 0.406. The third-order valence-electron chi connectivity index (χ3n) is 1.48. The maximum absolute atomic E-state index is 10.9. The molecule has 0 aliphatic heterocycles. The minimum atomic E-state index is -1.59. The van der Waals surface area contributed by atoms with Gasteiger partial charge in [0.1, 0.15) is 10.3 Å². The Hall–Kier alpha value is -0.715. The van der Waals surface area contributed by atoms with Gasteiger partial charge in [0.25, 0.3) is 0 Å². The second kappa shape index (κ2) is 4.00. The number of halogens is 1. The summed E-state index contributed by atoms with van der Waals surface area (Å²) in [6, 6.07) is 2.79. The molecule has 68 valence electrons. The molecule has 0 aliphatic rings. The second-order valence-corrected chi connectivity index (χ2v) is 3.35. The molecule has 0 radical (unpaired) electrons. The number of Topliss-reactive ketones (excluding diaryl/α,β-unsaturated/α-hetero) is 1. The van der Waals surface area contributed by atoms with Crippen LogP contribution < -0.4 is 5.46 Å². The zero-order valence-electron chi connectivity index (χ0n) is 6.86. The summed E-state index contributed by atoms with van der Waals surface area (Å²) in [7, 11) is -1.59. The average molecular weight is 244 g/mol. The highest BCUT2D eigenvalue weighted by molar-refractivity contribution is 9.10. The number of nitrogens with zero attached hydrogens (tertiary/aromatic N) is 1. The Morgan fingerprint density at radius 1 is 1.54 bits per heavy atom. The molecule has 4 nitrogen and oxygen atoms in total. The van der Waals surface area contributed by atoms with Crippen molar-refractivity contribution in [3.63, 3.8) is 0 Å². The van der Waals surface area contributed by atoms with Crippen LogP contribution in [0.3, 0.4) is 0 Å². The molecule has 0 spiro atoms. The molecule has 1 heterocycles. The maximum atomic E-state index is 10.9. The Kier molecular flexibility index (Phi) is 3.19. The summed E-state index contributed by atoms with van der Waals surface area (Å²) in [5.41, 5.74) is 0.449.